The minimum absolute atomic E-state index is 0.288. The molecule has 0 bridgehead atoms. The van der Waals surface area contributed by atoms with Crippen LogP contribution in [0.15, 0.2) is 64.5 Å². The number of rotatable bonds is 7. The average molecular weight is 509 g/mol. The smallest absolute Gasteiger partial charge is 0.414 e. The highest BCUT2D eigenvalue weighted by Crippen LogP contribution is 2.30. The predicted octanol–water partition coefficient (Wildman–Crippen LogP) is 3.55. The van der Waals surface area contributed by atoms with Gasteiger partial charge >= 0.3 is 11.9 Å². The molecule has 4 aromatic rings. The number of carboxylic acid groups (broad SMARTS) is 2. The van der Waals surface area contributed by atoms with E-state index in [2.05, 4.69) is 32.6 Å². The zero-order valence-corrected chi connectivity index (χ0v) is 20.2. The number of benzene rings is 2. The number of para-hydroxylation sites is 1. The number of hydrogen-bond acceptors (Lipinski definition) is 9. The second kappa shape index (κ2) is 11.6. The van der Waals surface area contributed by atoms with Crippen molar-refractivity contribution in [2.24, 2.45) is 0 Å². The van der Waals surface area contributed by atoms with Crippen molar-refractivity contribution in [2.45, 2.75) is 18.9 Å². The zero-order valence-electron chi connectivity index (χ0n) is 19.4. The van der Waals surface area contributed by atoms with Crippen LogP contribution < -0.4 is 4.74 Å². The minimum atomic E-state index is -1.82. The number of likely N-dealkylation sites (tertiary alicyclic amines) is 1. The number of hydrogen-bond donors (Lipinski definition) is 2. The third kappa shape index (κ3) is 6.32. The maximum absolute atomic E-state index is 9.10. The first-order chi connectivity index (χ1) is 17.4. The zero-order chi connectivity index (χ0) is 25.5. The summed E-state index contributed by atoms with van der Waals surface area (Å²) in [5, 5.41) is 22.2. The Balaban J connectivity index is 0.000000455. The fraction of sp³-hybridized carbons (Fsp3) is 0.240. The maximum atomic E-state index is 9.10. The van der Waals surface area contributed by atoms with Crippen LogP contribution in [-0.4, -0.2) is 62.4 Å². The van der Waals surface area contributed by atoms with E-state index in [0.717, 1.165) is 47.5 Å². The molecule has 2 aromatic heterocycles. The molecular formula is C25H24N4O6S. The summed E-state index contributed by atoms with van der Waals surface area (Å²) >= 11 is 1.69. The van der Waals surface area contributed by atoms with Crippen molar-refractivity contribution in [1.82, 2.24) is 20.0 Å². The Hall–Kier alpha value is -4.09. The third-order valence-electron chi connectivity index (χ3n) is 5.47. The molecule has 2 N–H and O–H groups in total. The van der Waals surface area contributed by atoms with E-state index in [1.54, 1.807) is 18.4 Å². The predicted molar refractivity (Wildman–Crippen MR) is 131 cm³/mol. The van der Waals surface area contributed by atoms with Crippen molar-refractivity contribution in [3.05, 3.63) is 82.9 Å². The SMILES string of the molecule is COc1ccccc1Cc1noc(C2CN(Cc3csc(-c4ccccc4)n3)C2)n1.O=C(O)C(=O)O. The Bertz CT molecular complexity index is 1300. The number of methoxy groups -OCH3 is 1. The Morgan fingerprint density at radius 2 is 1.75 bits per heavy atom. The second-order valence-electron chi connectivity index (χ2n) is 8.05. The van der Waals surface area contributed by atoms with E-state index in [4.69, 9.17) is 34.0 Å². The third-order valence-corrected chi connectivity index (χ3v) is 6.41. The van der Waals surface area contributed by atoms with Gasteiger partial charge in [-0.25, -0.2) is 14.6 Å². The number of aromatic nitrogens is 3. The number of thiazole rings is 1. The molecule has 186 valence electrons. The lowest BCUT2D eigenvalue weighted by Gasteiger charge is -2.36. The van der Waals surface area contributed by atoms with Gasteiger partial charge in [0, 0.05) is 42.6 Å². The first-order valence-corrected chi connectivity index (χ1v) is 11.9. The van der Waals surface area contributed by atoms with E-state index in [9.17, 15) is 0 Å². The molecule has 1 aliphatic rings. The minimum Gasteiger partial charge on any atom is -0.496 e. The standard InChI is InChI=1S/C23H22N4O2S.C2H2O4/c1-28-20-10-6-5-9-17(20)11-21-25-22(29-26-21)18-12-27(13-18)14-19-15-30-23(24-19)16-7-3-2-4-8-16;3-1(4)2(5)6/h2-10,15,18H,11-14H2,1H3;(H,3,4)(H,5,6). The van der Waals surface area contributed by atoms with Crippen LogP contribution in [0, 0.1) is 0 Å². The molecule has 5 rings (SSSR count). The first-order valence-electron chi connectivity index (χ1n) is 11.1. The highest BCUT2D eigenvalue weighted by Gasteiger charge is 2.33. The normalized spacial score (nSPS) is 13.4. The molecule has 1 aliphatic heterocycles. The Kier molecular flexibility index (Phi) is 8.03. The van der Waals surface area contributed by atoms with Crippen molar-refractivity contribution in [2.75, 3.05) is 20.2 Å². The number of aliphatic carboxylic acids is 2. The van der Waals surface area contributed by atoms with Gasteiger partial charge in [0.15, 0.2) is 5.82 Å². The first kappa shape index (κ1) is 25.0. The lowest BCUT2D eigenvalue weighted by molar-refractivity contribution is -0.159. The van der Waals surface area contributed by atoms with Gasteiger partial charge in [-0.1, -0.05) is 53.7 Å². The van der Waals surface area contributed by atoms with E-state index in [-0.39, 0.29) is 5.92 Å². The fourth-order valence-corrected chi connectivity index (χ4v) is 4.52. The van der Waals surface area contributed by atoms with Crippen LogP contribution in [-0.2, 0) is 22.6 Å². The van der Waals surface area contributed by atoms with Gasteiger partial charge in [-0.3, -0.25) is 4.90 Å². The van der Waals surface area contributed by atoms with E-state index >= 15 is 0 Å². The van der Waals surface area contributed by atoms with Crippen molar-refractivity contribution in [3.63, 3.8) is 0 Å². The molecule has 1 saturated heterocycles. The molecule has 3 heterocycles. The summed E-state index contributed by atoms with van der Waals surface area (Å²) in [6.45, 7) is 2.67. The molecule has 0 aliphatic carbocycles. The monoisotopic (exact) mass is 508 g/mol. The van der Waals surface area contributed by atoms with E-state index < -0.39 is 11.9 Å². The molecule has 0 radical (unpaired) electrons. The number of ether oxygens (including phenoxy) is 1. The molecule has 0 saturated carbocycles. The molecule has 0 spiro atoms. The maximum Gasteiger partial charge on any atom is 0.414 e. The van der Waals surface area contributed by atoms with Crippen LogP contribution in [0.5, 0.6) is 5.75 Å². The average Bonchev–Trinajstić information content (AvgIpc) is 3.52. The Labute approximate surface area is 210 Å². The summed E-state index contributed by atoms with van der Waals surface area (Å²) in [6.07, 6.45) is 0.602. The highest BCUT2D eigenvalue weighted by atomic mass is 32.1. The van der Waals surface area contributed by atoms with Crippen molar-refractivity contribution in [1.29, 1.82) is 0 Å². The molecule has 0 unspecified atom stereocenters. The molecular weight excluding hydrogens is 484 g/mol. The van der Waals surface area contributed by atoms with Crippen molar-refractivity contribution < 1.29 is 29.1 Å². The van der Waals surface area contributed by atoms with E-state index in [0.29, 0.717) is 12.2 Å². The van der Waals surface area contributed by atoms with Crippen LogP contribution in [0.25, 0.3) is 10.6 Å². The second-order valence-corrected chi connectivity index (χ2v) is 8.91. The largest absolute Gasteiger partial charge is 0.496 e. The van der Waals surface area contributed by atoms with Gasteiger partial charge in [0.1, 0.15) is 10.8 Å². The van der Waals surface area contributed by atoms with E-state index in [1.165, 1.54) is 5.56 Å². The molecule has 0 atom stereocenters. The van der Waals surface area contributed by atoms with Crippen LogP contribution in [0.4, 0.5) is 0 Å². The van der Waals surface area contributed by atoms with Gasteiger partial charge in [-0.05, 0) is 6.07 Å². The summed E-state index contributed by atoms with van der Waals surface area (Å²) in [5.41, 5.74) is 3.34. The number of carbonyl (C=O) groups is 2. The summed E-state index contributed by atoms with van der Waals surface area (Å²) in [5.74, 6) is -1.10. The number of nitrogens with zero attached hydrogens (tertiary/aromatic N) is 4. The van der Waals surface area contributed by atoms with Crippen LogP contribution in [0.1, 0.15) is 28.9 Å². The summed E-state index contributed by atoms with van der Waals surface area (Å²) < 4.78 is 10.9. The van der Waals surface area contributed by atoms with Gasteiger partial charge in [0.2, 0.25) is 5.89 Å². The van der Waals surface area contributed by atoms with Crippen LogP contribution in [0.3, 0.4) is 0 Å². The van der Waals surface area contributed by atoms with Gasteiger partial charge in [-0.15, -0.1) is 11.3 Å². The van der Waals surface area contributed by atoms with Crippen molar-refractivity contribution >= 4 is 23.3 Å². The molecule has 0 amide bonds. The van der Waals surface area contributed by atoms with Crippen LogP contribution in [0.2, 0.25) is 0 Å². The van der Waals surface area contributed by atoms with Gasteiger partial charge < -0.3 is 19.5 Å². The lowest BCUT2D eigenvalue weighted by atomic mass is 10.00. The Morgan fingerprint density at radius 1 is 1.06 bits per heavy atom. The van der Waals surface area contributed by atoms with Gasteiger partial charge in [0.25, 0.3) is 0 Å². The molecule has 10 nitrogen and oxygen atoms in total. The van der Waals surface area contributed by atoms with E-state index in [1.807, 2.05) is 42.5 Å². The summed E-state index contributed by atoms with van der Waals surface area (Å²) in [6, 6.07) is 18.2. The summed E-state index contributed by atoms with van der Waals surface area (Å²) in [7, 11) is 1.68. The fourth-order valence-electron chi connectivity index (χ4n) is 3.70. The quantitative estimate of drug-likeness (QED) is 0.356. The van der Waals surface area contributed by atoms with Gasteiger partial charge in [-0.2, -0.15) is 4.98 Å². The van der Waals surface area contributed by atoms with Gasteiger partial charge in [0.05, 0.1) is 18.7 Å². The number of carboxylic acids is 2. The van der Waals surface area contributed by atoms with Crippen molar-refractivity contribution in [3.8, 4) is 16.3 Å². The summed E-state index contributed by atoms with van der Waals surface area (Å²) in [4.78, 5) is 30.0. The topological polar surface area (TPSA) is 139 Å². The molecule has 2 aromatic carbocycles. The lowest BCUT2D eigenvalue weighted by Crippen LogP contribution is -2.44. The molecule has 1 fully saturated rings. The molecule has 36 heavy (non-hydrogen) atoms. The van der Waals surface area contributed by atoms with Crippen LogP contribution >= 0.6 is 11.3 Å². The molecule has 11 heteroatoms. The Morgan fingerprint density at radius 3 is 2.44 bits per heavy atom. The highest BCUT2D eigenvalue weighted by molar-refractivity contribution is 7.13.